The Hall–Kier alpha value is -1.46. The Bertz CT molecular complexity index is 438. The third kappa shape index (κ3) is 3.16. The Balaban J connectivity index is 1.39. The van der Waals surface area contributed by atoms with Gasteiger partial charge in [0.25, 0.3) is 0 Å². The maximum Gasteiger partial charge on any atom is 0.223 e. The number of nitrogens with zero attached hydrogens (tertiary/aromatic N) is 3. The zero-order valence-electron chi connectivity index (χ0n) is 11.8. The van der Waals surface area contributed by atoms with Gasteiger partial charge >= 0.3 is 0 Å². The van der Waals surface area contributed by atoms with Crippen molar-refractivity contribution in [1.82, 2.24) is 20.1 Å². The summed E-state index contributed by atoms with van der Waals surface area (Å²) in [6.45, 7) is 6.21. The number of aryl methyl sites for hydroxylation is 1. The molecule has 1 N–H and O–H groups in total. The van der Waals surface area contributed by atoms with Crippen LogP contribution in [0.5, 0.6) is 0 Å². The maximum absolute atomic E-state index is 12.1. The van der Waals surface area contributed by atoms with E-state index in [2.05, 4.69) is 15.2 Å². The second kappa shape index (κ2) is 6.33. The van der Waals surface area contributed by atoms with E-state index in [0.29, 0.717) is 12.5 Å². The fourth-order valence-corrected chi connectivity index (χ4v) is 2.90. The van der Waals surface area contributed by atoms with Crippen molar-refractivity contribution in [3.8, 4) is 0 Å². The minimum Gasteiger partial charge on any atom is -0.339 e. The molecule has 1 aromatic heterocycles. The fraction of sp³-hybridized carbons (Fsp3) is 0.600. The molecule has 20 heavy (non-hydrogen) atoms. The molecule has 2 aliphatic heterocycles. The van der Waals surface area contributed by atoms with Gasteiger partial charge in [-0.25, -0.2) is 0 Å². The van der Waals surface area contributed by atoms with Crippen LogP contribution in [0.3, 0.4) is 0 Å². The topological polar surface area (TPSA) is 48.5 Å². The van der Waals surface area contributed by atoms with E-state index in [0.717, 1.165) is 45.7 Å². The number of rotatable bonds is 4. The van der Waals surface area contributed by atoms with E-state index in [1.165, 1.54) is 5.56 Å². The van der Waals surface area contributed by atoms with Crippen LogP contribution in [0.2, 0.25) is 0 Å². The molecule has 0 saturated carbocycles. The molecule has 0 unspecified atom stereocenters. The molecule has 2 aliphatic rings. The van der Waals surface area contributed by atoms with Crippen LogP contribution in [0.4, 0.5) is 0 Å². The molecule has 0 aliphatic carbocycles. The average Bonchev–Trinajstić information content (AvgIpc) is 2.46. The molecule has 1 aromatic rings. The van der Waals surface area contributed by atoms with Gasteiger partial charge in [0.15, 0.2) is 0 Å². The average molecular weight is 274 g/mol. The molecule has 3 rings (SSSR count). The molecule has 0 radical (unpaired) electrons. The van der Waals surface area contributed by atoms with Gasteiger partial charge in [-0.1, -0.05) is 0 Å². The van der Waals surface area contributed by atoms with Crippen molar-refractivity contribution < 1.29 is 4.79 Å². The molecular weight excluding hydrogens is 252 g/mol. The van der Waals surface area contributed by atoms with E-state index < -0.39 is 0 Å². The van der Waals surface area contributed by atoms with E-state index in [-0.39, 0.29) is 5.91 Å². The highest BCUT2D eigenvalue weighted by molar-refractivity contribution is 5.77. The van der Waals surface area contributed by atoms with E-state index in [1.54, 1.807) is 12.4 Å². The quantitative estimate of drug-likeness (QED) is 0.848. The zero-order valence-corrected chi connectivity index (χ0v) is 11.8. The Morgan fingerprint density at radius 2 is 1.95 bits per heavy atom. The van der Waals surface area contributed by atoms with Crippen LogP contribution in [-0.4, -0.2) is 66.0 Å². The molecule has 0 spiro atoms. The first-order valence-electron chi connectivity index (χ1n) is 7.44. The first-order chi connectivity index (χ1) is 9.83. The third-order valence-electron chi connectivity index (χ3n) is 4.26. The first-order valence-corrected chi connectivity index (χ1v) is 7.44. The van der Waals surface area contributed by atoms with Gasteiger partial charge in [-0.2, -0.15) is 0 Å². The van der Waals surface area contributed by atoms with Crippen LogP contribution < -0.4 is 5.32 Å². The van der Waals surface area contributed by atoms with Crippen LogP contribution >= 0.6 is 0 Å². The smallest absolute Gasteiger partial charge is 0.223 e. The molecule has 2 fully saturated rings. The van der Waals surface area contributed by atoms with Gasteiger partial charge in [-0.15, -0.1) is 0 Å². The summed E-state index contributed by atoms with van der Waals surface area (Å²) in [5, 5.41) is 3.36. The number of pyridine rings is 1. The lowest BCUT2D eigenvalue weighted by atomic mass is 10.0. The Labute approximate surface area is 120 Å². The summed E-state index contributed by atoms with van der Waals surface area (Å²) in [7, 11) is 0. The number of amides is 1. The highest BCUT2D eigenvalue weighted by Gasteiger charge is 2.34. The second-order valence-corrected chi connectivity index (χ2v) is 5.59. The standard InChI is InChI=1S/C15H22N4O/c20-15(2-1-13-3-5-16-6-4-13)19-11-14(12-19)18-9-7-17-8-10-18/h3-6,14,17H,1-2,7-12H2. The number of carbonyl (C=O) groups excluding carboxylic acids is 1. The first kappa shape index (κ1) is 13.5. The molecule has 0 aromatic carbocycles. The van der Waals surface area contributed by atoms with Crippen LogP contribution in [0.25, 0.3) is 0 Å². The van der Waals surface area contributed by atoms with Crippen LogP contribution in [0, 0.1) is 0 Å². The molecule has 1 amide bonds. The summed E-state index contributed by atoms with van der Waals surface area (Å²) in [5.74, 6) is 0.285. The number of hydrogen-bond acceptors (Lipinski definition) is 4. The summed E-state index contributed by atoms with van der Waals surface area (Å²) in [5.41, 5.74) is 1.19. The highest BCUT2D eigenvalue weighted by atomic mass is 16.2. The predicted octanol–water partition coefficient (Wildman–Crippen LogP) is 0.130. The summed E-state index contributed by atoms with van der Waals surface area (Å²) >= 11 is 0. The minimum atomic E-state index is 0.285. The lowest BCUT2D eigenvalue weighted by molar-refractivity contribution is -0.138. The van der Waals surface area contributed by atoms with Gasteiger partial charge in [0, 0.05) is 64.1 Å². The number of hydrogen-bond donors (Lipinski definition) is 1. The Morgan fingerprint density at radius 1 is 1.25 bits per heavy atom. The number of nitrogens with one attached hydrogen (secondary N) is 1. The van der Waals surface area contributed by atoms with Gasteiger partial charge < -0.3 is 10.2 Å². The van der Waals surface area contributed by atoms with Crippen molar-refractivity contribution in [3.63, 3.8) is 0 Å². The van der Waals surface area contributed by atoms with Crippen molar-refractivity contribution in [2.24, 2.45) is 0 Å². The van der Waals surface area contributed by atoms with Gasteiger partial charge in [0.2, 0.25) is 5.91 Å². The molecule has 5 nitrogen and oxygen atoms in total. The summed E-state index contributed by atoms with van der Waals surface area (Å²) in [6, 6.07) is 4.54. The van der Waals surface area contributed by atoms with Crippen molar-refractivity contribution in [3.05, 3.63) is 30.1 Å². The SMILES string of the molecule is O=C(CCc1ccncc1)N1CC(N2CCNCC2)C1. The van der Waals surface area contributed by atoms with Crippen molar-refractivity contribution in [1.29, 1.82) is 0 Å². The van der Waals surface area contributed by atoms with Gasteiger partial charge in [0.05, 0.1) is 0 Å². The number of aromatic nitrogens is 1. The normalized spacial score (nSPS) is 20.7. The van der Waals surface area contributed by atoms with Gasteiger partial charge in [-0.05, 0) is 24.1 Å². The van der Waals surface area contributed by atoms with Crippen LogP contribution in [-0.2, 0) is 11.2 Å². The molecule has 2 saturated heterocycles. The summed E-state index contributed by atoms with van der Waals surface area (Å²) < 4.78 is 0. The van der Waals surface area contributed by atoms with Crippen molar-refractivity contribution in [2.75, 3.05) is 39.3 Å². The lowest BCUT2D eigenvalue weighted by Crippen LogP contribution is -2.63. The van der Waals surface area contributed by atoms with Crippen molar-refractivity contribution >= 4 is 5.91 Å². The van der Waals surface area contributed by atoms with E-state index >= 15 is 0 Å². The Morgan fingerprint density at radius 3 is 2.65 bits per heavy atom. The molecule has 0 bridgehead atoms. The molecule has 3 heterocycles. The number of likely N-dealkylation sites (tertiary alicyclic amines) is 1. The summed E-state index contributed by atoms with van der Waals surface area (Å²) in [4.78, 5) is 20.6. The molecule has 5 heteroatoms. The predicted molar refractivity (Wildman–Crippen MR) is 77.4 cm³/mol. The Kier molecular flexibility index (Phi) is 4.28. The monoisotopic (exact) mass is 274 g/mol. The number of carbonyl (C=O) groups is 1. The third-order valence-corrected chi connectivity index (χ3v) is 4.26. The van der Waals surface area contributed by atoms with E-state index in [1.807, 2.05) is 17.0 Å². The van der Waals surface area contributed by atoms with Crippen LogP contribution in [0.15, 0.2) is 24.5 Å². The molecule has 108 valence electrons. The molecule has 0 atom stereocenters. The highest BCUT2D eigenvalue weighted by Crippen LogP contribution is 2.17. The summed E-state index contributed by atoms with van der Waals surface area (Å²) in [6.07, 6.45) is 4.99. The minimum absolute atomic E-state index is 0.285. The fourth-order valence-electron chi connectivity index (χ4n) is 2.90. The molecular formula is C15H22N4O. The van der Waals surface area contributed by atoms with E-state index in [4.69, 9.17) is 0 Å². The lowest BCUT2D eigenvalue weighted by Gasteiger charge is -2.46. The van der Waals surface area contributed by atoms with Gasteiger partial charge in [0.1, 0.15) is 0 Å². The number of piperazine rings is 1. The zero-order chi connectivity index (χ0) is 13.8. The van der Waals surface area contributed by atoms with E-state index in [9.17, 15) is 4.79 Å². The van der Waals surface area contributed by atoms with Crippen LogP contribution in [0.1, 0.15) is 12.0 Å². The maximum atomic E-state index is 12.1. The largest absolute Gasteiger partial charge is 0.339 e. The second-order valence-electron chi connectivity index (χ2n) is 5.59. The van der Waals surface area contributed by atoms with Gasteiger partial charge in [-0.3, -0.25) is 14.7 Å². The van der Waals surface area contributed by atoms with Crippen molar-refractivity contribution in [2.45, 2.75) is 18.9 Å².